The molecular weight excluding hydrogens is 328 g/mol. The first-order chi connectivity index (χ1) is 12.6. The van der Waals surface area contributed by atoms with Gasteiger partial charge in [0.25, 0.3) is 0 Å². The monoisotopic (exact) mass is 354 g/mol. The van der Waals surface area contributed by atoms with Crippen LogP contribution in [0.25, 0.3) is 11.1 Å². The van der Waals surface area contributed by atoms with Crippen molar-refractivity contribution in [2.24, 2.45) is 0 Å². The van der Waals surface area contributed by atoms with Gasteiger partial charge in [-0.3, -0.25) is 0 Å². The van der Waals surface area contributed by atoms with E-state index in [2.05, 4.69) is 13.8 Å². The zero-order chi connectivity index (χ0) is 18.9. The summed E-state index contributed by atoms with van der Waals surface area (Å²) in [6.07, 6.45) is 1.79. The van der Waals surface area contributed by atoms with Crippen LogP contribution in [0.1, 0.15) is 44.7 Å². The van der Waals surface area contributed by atoms with Gasteiger partial charge in [-0.05, 0) is 66.3 Å². The molecule has 0 aliphatic carbocycles. The highest BCUT2D eigenvalue weighted by Gasteiger charge is 2.10. The van der Waals surface area contributed by atoms with E-state index in [9.17, 15) is 9.90 Å². The van der Waals surface area contributed by atoms with Crippen LogP contribution in [0.4, 0.5) is 0 Å². The minimum Gasteiger partial charge on any atom is -0.508 e. The Balaban J connectivity index is 2.23. The molecule has 0 spiro atoms. The van der Waals surface area contributed by atoms with Crippen LogP contribution in [0.3, 0.4) is 0 Å². The van der Waals surface area contributed by atoms with Crippen LogP contribution in [0.5, 0.6) is 11.5 Å². The third kappa shape index (κ3) is 5.12. The molecule has 0 aromatic heterocycles. The van der Waals surface area contributed by atoms with Crippen molar-refractivity contribution in [1.82, 2.24) is 0 Å². The van der Waals surface area contributed by atoms with Gasteiger partial charge in [0, 0.05) is 0 Å². The van der Waals surface area contributed by atoms with Crippen molar-refractivity contribution in [1.29, 1.82) is 0 Å². The summed E-state index contributed by atoms with van der Waals surface area (Å²) in [7, 11) is 0. The molecule has 138 valence electrons. The Bertz CT molecular complexity index is 743. The van der Waals surface area contributed by atoms with Crippen LogP contribution >= 0.6 is 0 Å². The van der Waals surface area contributed by atoms with E-state index in [1.807, 2.05) is 36.4 Å². The van der Waals surface area contributed by atoms with Crippen molar-refractivity contribution < 1.29 is 19.4 Å². The number of phenols is 1. The average Bonchev–Trinajstić information content (AvgIpc) is 2.66. The maximum atomic E-state index is 11.4. The molecule has 2 aromatic rings. The van der Waals surface area contributed by atoms with Gasteiger partial charge in [-0.2, -0.15) is 0 Å². The summed E-state index contributed by atoms with van der Waals surface area (Å²) in [6, 6.07) is 15.1. The minimum atomic E-state index is -0.369. The first kappa shape index (κ1) is 19.6. The number of phenolic OH excluding ortho intramolecular Hbond substituents is 1. The van der Waals surface area contributed by atoms with Crippen molar-refractivity contribution in [3.63, 3.8) is 0 Å². The lowest BCUT2D eigenvalue weighted by Crippen LogP contribution is -2.14. The second-order valence-electron chi connectivity index (χ2n) is 5.83. The topological polar surface area (TPSA) is 55.8 Å². The molecule has 0 fully saturated rings. The third-order valence-corrected chi connectivity index (χ3v) is 4.15. The van der Waals surface area contributed by atoms with E-state index in [4.69, 9.17) is 9.47 Å². The molecule has 0 saturated heterocycles. The van der Waals surface area contributed by atoms with Gasteiger partial charge >= 0.3 is 5.97 Å². The Morgan fingerprint density at radius 2 is 1.35 bits per heavy atom. The summed E-state index contributed by atoms with van der Waals surface area (Å²) < 4.78 is 10.3. The fourth-order valence-electron chi connectivity index (χ4n) is 2.94. The Labute approximate surface area is 155 Å². The van der Waals surface area contributed by atoms with Gasteiger partial charge in [0.05, 0.1) is 6.61 Å². The van der Waals surface area contributed by atoms with Crippen molar-refractivity contribution in [3.05, 3.63) is 59.7 Å². The summed E-state index contributed by atoms with van der Waals surface area (Å²) in [4.78, 5) is 11.4. The zero-order valence-corrected chi connectivity index (χ0v) is 15.6. The molecule has 0 heterocycles. The lowest BCUT2D eigenvalue weighted by atomic mass is 9.91. The largest absolute Gasteiger partial charge is 0.508 e. The molecule has 0 saturated carbocycles. The van der Waals surface area contributed by atoms with Crippen molar-refractivity contribution >= 4 is 17.1 Å². The van der Waals surface area contributed by atoms with Crippen LogP contribution in [0, 0.1) is 0 Å². The maximum absolute atomic E-state index is 11.4. The lowest BCUT2D eigenvalue weighted by Gasteiger charge is -2.15. The second kappa shape index (κ2) is 9.66. The fourth-order valence-corrected chi connectivity index (χ4v) is 2.94. The number of hydrogen-bond donors (Lipinski definition) is 1. The smallest absolute Gasteiger partial charge is 0.344 e. The molecule has 0 amide bonds. The molecule has 4 heteroatoms. The Morgan fingerprint density at radius 3 is 1.81 bits per heavy atom. The van der Waals surface area contributed by atoms with E-state index in [0.29, 0.717) is 12.4 Å². The van der Waals surface area contributed by atoms with Crippen LogP contribution in [-0.2, 0) is 9.53 Å². The maximum Gasteiger partial charge on any atom is 0.344 e. The van der Waals surface area contributed by atoms with Gasteiger partial charge in [-0.1, -0.05) is 38.1 Å². The van der Waals surface area contributed by atoms with Gasteiger partial charge < -0.3 is 14.6 Å². The molecule has 0 atom stereocenters. The zero-order valence-electron chi connectivity index (χ0n) is 15.6. The normalized spacial score (nSPS) is 11.7. The molecular formula is C22H26O4. The first-order valence-electron chi connectivity index (χ1n) is 8.99. The molecule has 2 rings (SSSR count). The van der Waals surface area contributed by atoms with Gasteiger partial charge in [-0.25, -0.2) is 4.79 Å². The minimum absolute atomic E-state index is 0.0859. The predicted octanol–water partition coefficient (Wildman–Crippen LogP) is 5.06. The van der Waals surface area contributed by atoms with Crippen molar-refractivity contribution in [2.75, 3.05) is 13.2 Å². The number of ether oxygens (including phenoxy) is 2. The Morgan fingerprint density at radius 1 is 0.846 bits per heavy atom. The summed E-state index contributed by atoms with van der Waals surface area (Å²) in [5, 5.41) is 9.51. The van der Waals surface area contributed by atoms with Crippen LogP contribution < -0.4 is 4.74 Å². The summed E-state index contributed by atoms with van der Waals surface area (Å²) >= 11 is 0. The number of esters is 1. The number of hydrogen-bond acceptors (Lipinski definition) is 4. The van der Waals surface area contributed by atoms with E-state index in [0.717, 1.165) is 24.0 Å². The molecule has 1 N–H and O–H groups in total. The van der Waals surface area contributed by atoms with Gasteiger partial charge in [0.15, 0.2) is 6.61 Å². The van der Waals surface area contributed by atoms with Crippen LogP contribution in [0.15, 0.2) is 48.5 Å². The number of carbonyl (C=O) groups is 1. The lowest BCUT2D eigenvalue weighted by molar-refractivity contribution is -0.145. The van der Waals surface area contributed by atoms with Gasteiger partial charge in [0.1, 0.15) is 11.5 Å². The van der Waals surface area contributed by atoms with E-state index < -0.39 is 0 Å². The van der Waals surface area contributed by atoms with E-state index >= 15 is 0 Å². The Kier molecular flexibility index (Phi) is 7.27. The predicted molar refractivity (Wildman–Crippen MR) is 104 cm³/mol. The highest BCUT2D eigenvalue weighted by molar-refractivity contribution is 5.90. The number of carbonyl (C=O) groups excluding carboxylic acids is 1. The molecule has 2 aromatic carbocycles. The molecule has 0 radical (unpaired) electrons. The van der Waals surface area contributed by atoms with Crippen LogP contribution in [0.2, 0.25) is 0 Å². The Hall–Kier alpha value is -2.75. The van der Waals surface area contributed by atoms with Gasteiger partial charge in [0.2, 0.25) is 0 Å². The highest BCUT2D eigenvalue weighted by atomic mass is 16.6. The number of benzene rings is 2. The van der Waals surface area contributed by atoms with Gasteiger partial charge in [-0.15, -0.1) is 0 Å². The molecule has 0 aliphatic rings. The first-order valence-corrected chi connectivity index (χ1v) is 8.99. The van der Waals surface area contributed by atoms with Crippen LogP contribution in [-0.4, -0.2) is 24.3 Å². The SMILES string of the molecule is CCOC(=O)COc1ccc(C(CC)=C(CC)c2ccc(O)cc2)cc1. The van der Waals surface area contributed by atoms with E-state index in [1.54, 1.807) is 19.1 Å². The molecule has 4 nitrogen and oxygen atoms in total. The average molecular weight is 354 g/mol. The highest BCUT2D eigenvalue weighted by Crippen LogP contribution is 2.32. The summed E-state index contributed by atoms with van der Waals surface area (Å²) in [6.45, 7) is 6.30. The summed E-state index contributed by atoms with van der Waals surface area (Å²) in [5.74, 6) is 0.539. The quantitative estimate of drug-likeness (QED) is 0.531. The number of rotatable bonds is 8. The van der Waals surface area contributed by atoms with Crippen molar-refractivity contribution in [3.8, 4) is 11.5 Å². The third-order valence-electron chi connectivity index (χ3n) is 4.15. The number of allylic oxidation sites excluding steroid dienone is 2. The summed E-state index contributed by atoms with van der Waals surface area (Å²) in [5.41, 5.74) is 4.76. The standard InChI is InChI=1S/C22H26O4/c1-4-20(16-7-11-18(23)12-8-16)21(5-2)17-9-13-19(14-10-17)26-15-22(24)25-6-3/h7-14,23H,4-6,15H2,1-3H3. The molecule has 0 aliphatic heterocycles. The van der Waals surface area contributed by atoms with E-state index in [1.165, 1.54) is 11.1 Å². The fraction of sp³-hybridized carbons (Fsp3) is 0.318. The molecule has 0 unspecified atom stereocenters. The molecule has 26 heavy (non-hydrogen) atoms. The second-order valence-corrected chi connectivity index (χ2v) is 5.83. The van der Waals surface area contributed by atoms with E-state index in [-0.39, 0.29) is 18.3 Å². The molecule has 0 bridgehead atoms. The van der Waals surface area contributed by atoms with Crippen molar-refractivity contribution in [2.45, 2.75) is 33.6 Å². The number of aromatic hydroxyl groups is 1.